The van der Waals surface area contributed by atoms with Gasteiger partial charge in [0.25, 0.3) is 0 Å². The maximum atomic E-state index is 8.90. The Hall–Kier alpha value is -2.19. The van der Waals surface area contributed by atoms with Crippen molar-refractivity contribution in [3.63, 3.8) is 0 Å². The smallest absolute Gasteiger partial charge is 0.203 e. The van der Waals surface area contributed by atoms with Crippen LogP contribution < -0.4 is 5.43 Å². The molecule has 0 fully saturated rings. The summed E-state index contributed by atoms with van der Waals surface area (Å²) < 4.78 is 0. The van der Waals surface area contributed by atoms with Gasteiger partial charge in [0.05, 0.1) is 23.5 Å². The molecule has 1 aromatic carbocycles. The second-order valence-corrected chi connectivity index (χ2v) is 4.22. The largest absolute Gasteiger partial charge is 0.253 e. The minimum Gasteiger partial charge on any atom is -0.253 e. The Labute approximate surface area is 103 Å². The average molecular weight is 242 g/mol. The highest BCUT2D eigenvalue weighted by molar-refractivity contribution is 7.13. The molecule has 0 aliphatic heterocycles. The Bertz CT molecular complexity index is 580. The van der Waals surface area contributed by atoms with Gasteiger partial charge < -0.3 is 0 Å². The molecular formula is C12H10N4S. The van der Waals surface area contributed by atoms with Crippen molar-refractivity contribution in [2.45, 2.75) is 6.92 Å². The molecule has 0 spiro atoms. The first kappa shape index (κ1) is 11.3. The lowest BCUT2D eigenvalue weighted by Crippen LogP contribution is -1.92. The van der Waals surface area contributed by atoms with Gasteiger partial charge >= 0.3 is 0 Å². The topological polar surface area (TPSA) is 61.1 Å². The highest BCUT2D eigenvalue weighted by Crippen LogP contribution is 2.14. The zero-order valence-corrected chi connectivity index (χ0v) is 10.0. The molecule has 1 heterocycles. The zero-order chi connectivity index (χ0) is 12.1. The Morgan fingerprint density at radius 3 is 3.00 bits per heavy atom. The van der Waals surface area contributed by atoms with Crippen molar-refractivity contribution >= 4 is 22.7 Å². The van der Waals surface area contributed by atoms with E-state index in [2.05, 4.69) is 21.6 Å². The summed E-state index contributed by atoms with van der Waals surface area (Å²) in [5.74, 6) is 0. The van der Waals surface area contributed by atoms with Crippen molar-refractivity contribution in [3.05, 3.63) is 46.5 Å². The summed E-state index contributed by atoms with van der Waals surface area (Å²) in [5.41, 5.74) is 5.19. The summed E-state index contributed by atoms with van der Waals surface area (Å²) >= 11 is 1.49. The number of nitriles is 1. The summed E-state index contributed by atoms with van der Waals surface area (Å²) in [5, 5.41) is 15.6. The van der Waals surface area contributed by atoms with Crippen LogP contribution in [0.25, 0.3) is 0 Å². The molecule has 0 atom stereocenters. The van der Waals surface area contributed by atoms with Gasteiger partial charge in [-0.05, 0) is 13.0 Å². The van der Waals surface area contributed by atoms with Crippen LogP contribution in [0.1, 0.15) is 16.8 Å². The van der Waals surface area contributed by atoms with Crippen LogP contribution in [-0.2, 0) is 0 Å². The third kappa shape index (κ3) is 2.89. The normalized spacial score (nSPS) is 10.4. The number of anilines is 1. The number of nitrogens with zero attached hydrogens (tertiary/aromatic N) is 3. The van der Waals surface area contributed by atoms with Crippen LogP contribution in [-0.4, -0.2) is 11.2 Å². The molecule has 0 saturated carbocycles. The average Bonchev–Trinajstić information content (AvgIpc) is 2.76. The predicted octanol–water partition coefficient (Wildman–Crippen LogP) is 2.77. The second-order valence-electron chi connectivity index (χ2n) is 3.36. The second kappa shape index (κ2) is 5.23. The number of rotatable bonds is 3. The molecule has 5 heteroatoms. The van der Waals surface area contributed by atoms with E-state index >= 15 is 0 Å². The molecule has 4 nitrogen and oxygen atoms in total. The molecule has 1 N–H and O–H groups in total. The molecular weight excluding hydrogens is 232 g/mol. The maximum absolute atomic E-state index is 8.90. The molecule has 0 aliphatic carbocycles. The van der Waals surface area contributed by atoms with Crippen molar-refractivity contribution in [2.24, 2.45) is 5.10 Å². The van der Waals surface area contributed by atoms with Gasteiger partial charge in [0.15, 0.2) is 0 Å². The fourth-order valence-corrected chi connectivity index (χ4v) is 1.91. The molecule has 17 heavy (non-hydrogen) atoms. The Kier molecular flexibility index (Phi) is 3.48. The predicted molar refractivity (Wildman–Crippen MR) is 69.2 cm³/mol. The number of thiazole rings is 1. The summed E-state index contributed by atoms with van der Waals surface area (Å²) in [6, 6.07) is 9.42. The molecule has 1 aromatic heterocycles. The van der Waals surface area contributed by atoms with Gasteiger partial charge in [0.1, 0.15) is 0 Å². The van der Waals surface area contributed by atoms with Crippen molar-refractivity contribution in [3.8, 4) is 6.07 Å². The van der Waals surface area contributed by atoms with Gasteiger partial charge in [0, 0.05) is 10.9 Å². The number of aryl methyl sites for hydroxylation is 1. The number of hydrogen-bond donors (Lipinski definition) is 1. The minimum absolute atomic E-state index is 0.605. The van der Waals surface area contributed by atoms with E-state index < -0.39 is 0 Å². The van der Waals surface area contributed by atoms with Crippen molar-refractivity contribution in [1.82, 2.24) is 4.98 Å². The van der Waals surface area contributed by atoms with E-state index in [1.165, 1.54) is 11.3 Å². The van der Waals surface area contributed by atoms with Crippen molar-refractivity contribution < 1.29 is 0 Å². The van der Waals surface area contributed by atoms with Crippen LogP contribution in [0.3, 0.4) is 0 Å². The third-order valence-electron chi connectivity index (χ3n) is 2.06. The summed E-state index contributed by atoms with van der Waals surface area (Å²) in [6.45, 7) is 1.93. The highest BCUT2D eigenvalue weighted by Gasteiger charge is 1.97. The molecule has 0 amide bonds. The summed E-state index contributed by atoms with van der Waals surface area (Å²) in [6.07, 6.45) is 1.62. The zero-order valence-electron chi connectivity index (χ0n) is 9.21. The lowest BCUT2D eigenvalue weighted by Gasteiger charge is -1.96. The maximum Gasteiger partial charge on any atom is 0.203 e. The minimum atomic E-state index is 0.605. The number of hydrogen-bond acceptors (Lipinski definition) is 5. The fourth-order valence-electron chi connectivity index (χ4n) is 1.27. The molecule has 84 valence electrons. The Balaban J connectivity index is 2.08. The molecule has 0 radical (unpaired) electrons. The molecule has 0 unspecified atom stereocenters. The van der Waals surface area contributed by atoms with Gasteiger partial charge in [-0.3, -0.25) is 5.43 Å². The van der Waals surface area contributed by atoms with E-state index in [1.54, 1.807) is 12.3 Å². The standard InChI is InChI=1S/C12H10N4S/c1-9-8-17-12(15-9)16-14-7-11-5-3-2-4-10(11)6-13/h2-5,7-8H,1H3,(H,15,16). The Morgan fingerprint density at radius 2 is 2.29 bits per heavy atom. The monoisotopic (exact) mass is 242 g/mol. The lowest BCUT2D eigenvalue weighted by molar-refractivity contribution is 1.22. The van der Waals surface area contributed by atoms with Gasteiger partial charge in [-0.2, -0.15) is 10.4 Å². The highest BCUT2D eigenvalue weighted by atomic mass is 32.1. The number of benzene rings is 1. The van der Waals surface area contributed by atoms with E-state index in [0.29, 0.717) is 5.56 Å². The summed E-state index contributed by atoms with van der Waals surface area (Å²) in [4.78, 5) is 4.21. The number of nitrogens with one attached hydrogen (secondary N) is 1. The molecule has 2 aromatic rings. The summed E-state index contributed by atoms with van der Waals surface area (Å²) in [7, 11) is 0. The first-order valence-electron chi connectivity index (χ1n) is 5.00. The first-order valence-corrected chi connectivity index (χ1v) is 5.88. The van der Waals surface area contributed by atoms with Crippen LogP contribution in [0.5, 0.6) is 0 Å². The van der Waals surface area contributed by atoms with Crippen molar-refractivity contribution in [1.29, 1.82) is 5.26 Å². The van der Waals surface area contributed by atoms with Crippen LogP contribution in [0.4, 0.5) is 5.13 Å². The number of aromatic nitrogens is 1. The Morgan fingerprint density at radius 1 is 1.47 bits per heavy atom. The number of hydrazone groups is 1. The van der Waals surface area contributed by atoms with E-state index in [9.17, 15) is 0 Å². The molecule has 0 saturated heterocycles. The molecule has 2 rings (SSSR count). The third-order valence-corrected chi connectivity index (χ3v) is 2.93. The van der Waals surface area contributed by atoms with Crippen LogP contribution in [0.15, 0.2) is 34.7 Å². The SMILES string of the molecule is Cc1csc(NN=Cc2ccccc2C#N)n1. The van der Waals surface area contributed by atoms with E-state index in [1.807, 2.05) is 30.5 Å². The van der Waals surface area contributed by atoms with Gasteiger partial charge in [0.2, 0.25) is 5.13 Å². The van der Waals surface area contributed by atoms with E-state index in [-0.39, 0.29) is 0 Å². The van der Waals surface area contributed by atoms with Gasteiger partial charge in [-0.15, -0.1) is 11.3 Å². The molecule has 0 aliphatic rings. The van der Waals surface area contributed by atoms with Gasteiger partial charge in [-0.25, -0.2) is 4.98 Å². The van der Waals surface area contributed by atoms with E-state index in [4.69, 9.17) is 5.26 Å². The van der Waals surface area contributed by atoms with Crippen molar-refractivity contribution in [2.75, 3.05) is 5.43 Å². The quantitative estimate of drug-likeness (QED) is 0.665. The molecule has 0 bridgehead atoms. The fraction of sp³-hybridized carbons (Fsp3) is 0.0833. The van der Waals surface area contributed by atoms with Crippen LogP contribution in [0.2, 0.25) is 0 Å². The van der Waals surface area contributed by atoms with E-state index in [0.717, 1.165) is 16.4 Å². The lowest BCUT2D eigenvalue weighted by atomic mass is 10.1. The van der Waals surface area contributed by atoms with Gasteiger partial charge in [-0.1, -0.05) is 18.2 Å². The first-order chi connectivity index (χ1) is 8.29. The van der Waals surface area contributed by atoms with Crippen LogP contribution in [0, 0.1) is 18.3 Å². The van der Waals surface area contributed by atoms with Crippen LogP contribution >= 0.6 is 11.3 Å².